The Bertz CT molecular complexity index is 519. The molecule has 1 aromatic rings. The minimum absolute atomic E-state index is 0.236. The number of hydrogen-bond donors (Lipinski definition) is 1. The van der Waals surface area contributed by atoms with Crippen molar-refractivity contribution in [2.45, 2.75) is 57.3 Å². The Kier molecular flexibility index (Phi) is 4.52. The molecule has 0 atom stereocenters. The van der Waals surface area contributed by atoms with Crippen molar-refractivity contribution < 1.29 is 14.3 Å². The van der Waals surface area contributed by atoms with E-state index in [9.17, 15) is 14.3 Å². The fourth-order valence-electron chi connectivity index (χ4n) is 3.05. The first-order valence-electron chi connectivity index (χ1n) is 7.11. The van der Waals surface area contributed by atoms with Crippen LogP contribution < -0.4 is 0 Å². The summed E-state index contributed by atoms with van der Waals surface area (Å²) in [6.07, 6.45) is 3.76. The standard InChI is InChI=1S/C16H20BrFO2/c1-10(2)11-8-12(14(18)13(17)9-11)16(15(19)20)6-4-3-5-7-16/h8-10H,3-7H2,1-2H3,(H,19,20). The van der Waals surface area contributed by atoms with E-state index in [1.807, 2.05) is 13.8 Å². The van der Waals surface area contributed by atoms with E-state index in [0.29, 0.717) is 22.9 Å². The van der Waals surface area contributed by atoms with Gasteiger partial charge < -0.3 is 5.11 Å². The minimum Gasteiger partial charge on any atom is -0.481 e. The normalized spacial score (nSPS) is 18.2. The molecule has 110 valence electrons. The lowest BCUT2D eigenvalue weighted by molar-refractivity contribution is -0.145. The van der Waals surface area contributed by atoms with Gasteiger partial charge in [0, 0.05) is 5.56 Å². The summed E-state index contributed by atoms with van der Waals surface area (Å²) >= 11 is 3.24. The Morgan fingerprint density at radius 3 is 2.40 bits per heavy atom. The summed E-state index contributed by atoms with van der Waals surface area (Å²) in [7, 11) is 0. The van der Waals surface area contributed by atoms with E-state index < -0.39 is 17.2 Å². The number of hydrogen-bond acceptors (Lipinski definition) is 1. The fourth-order valence-corrected chi connectivity index (χ4v) is 3.52. The van der Waals surface area contributed by atoms with Crippen molar-refractivity contribution in [3.63, 3.8) is 0 Å². The monoisotopic (exact) mass is 342 g/mol. The summed E-state index contributed by atoms with van der Waals surface area (Å²) in [5.74, 6) is -1.08. The van der Waals surface area contributed by atoms with Gasteiger partial charge >= 0.3 is 5.97 Å². The quantitative estimate of drug-likeness (QED) is 0.839. The Hall–Kier alpha value is -0.900. The molecule has 1 aliphatic rings. The summed E-state index contributed by atoms with van der Waals surface area (Å²) in [6.45, 7) is 4.05. The van der Waals surface area contributed by atoms with Gasteiger partial charge in [0.15, 0.2) is 0 Å². The summed E-state index contributed by atoms with van der Waals surface area (Å²) in [6, 6.07) is 3.51. The molecule has 0 unspecified atom stereocenters. The Balaban J connectivity index is 2.61. The fraction of sp³-hybridized carbons (Fsp3) is 0.562. The van der Waals surface area contributed by atoms with Crippen LogP contribution in [-0.2, 0) is 10.2 Å². The lowest BCUT2D eigenvalue weighted by Crippen LogP contribution is -2.38. The smallest absolute Gasteiger partial charge is 0.314 e. The number of carboxylic acid groups (broad SMARTS) is 1. The third-order valence-electron chi connectivity index (χ3n) is 4.35. The van der Waals surface area contributed by atoms with E-state index in [4.69, 9.17) is 0 Å². The van der Waals surface area contributed by atoms with Crippen LogP contribution in [0, 0.1) is 5.82 Å². The lowest BCUT2D eigenvalue weighted by atomic mass is 9.69. The summed E-state index contributed by atoms with van der Waals surface area (Å²) < 4.78 is 14.9. The van der Waals surface area contributed by atoms with E-state index >= 15 is 0 Å². The van der Waals surface area contributed by atoms with Crippen LogP contribution in [0.1, 0.15) is 63.0 Å². The van der Waals surface area contributed by atoms with Gasteiger partial charge in [0.05, 0.1) is 9.89 Å². The van der Waals surface area contributed by atoms with E-state index in [1.165, 1.54) is 0 Å². The highest BCUT2D eigenvalue weighted by Crippen LogP contribution is 2.43. The van der Waals surface area contributed by atoms with Gasteiger partial charge in [0.25, 0.3) is 0 Å². The Morgan fingerprint density at radius 2 is 1.90 bits per heavy atom. The average molecular weight is 343 g/mol. The molecule has 1 aromatic carbocycles. The molecular formula is C16H20BrFO2. The molecule has 0 amide bonds. The zero-order valence-corrected chi connectivity index (χ0v) is 13.5. The van der Waals surface area contributed by atoms with Crippen molar-refractivity contribution in [3.8, 4) is 0 Å². The molecule has 1 N–H and O–H groups in total. The number of benzene rings is 1. The van der Waals surface area contributed by atoms with Crippen LogP contribution in [0.3, 0.4) is 0 Å². The van der Waals surface area contributed by atoms with Gasteiger partial charge in [0.1, 0.15) is 5.82 Å². The first-order valence-corrected chi connectivity index (χ1v) is 7.90. The first-order chi connectivity index (χ1) is 9.38. The van der Waals surface area contributed by atoms with Gasteiger partial charge in [-0.25, -0.2) is 4.39 Å². The van der Waals surface area contributed by atoms with Crippen LogP contribution in [-0.4, -0.2) is 11.1 Å². The van der Waals surface area contributed by atoms with E-state index in [1.54, 1.807) is 12.1 Å². The van der Waals surface area contributed by atoms with Gasteiger partial charge in [-0.15, -0.1) is 0 Å². The molecule has 1 fully saturated rings. The van der Waals surface area contributed by atoms with Gasteiger partial charge in [-0.2, -0.15) is 0 Å². The van der Waals surface area contributed by atoms with Crippen LogP contribution >= 0.6 is 15.9 Å². The predicted octanol–water partition coefficient (Wildman–Crippen LogP) is 5.00. The molecule has 20 heavy (non-hydrogen) atoms. The van der Waals surface area contributed by atoms with Crippen molar-refractivity contribution in [1.29, 1.82) is 0 Å². The predicted molar refractivity (Wildman–Crippen MR) is 80.6 cm³/mol. The third kappa shape index (κ3) is 2.62. The SMILES string of the molecule is CC(C)c1cc(Br)c(F)c(C2(C(=O)O)CCCCC2)c1. The molecular weight excluding hydrogens is 323 g/mol. The maximum absolute atomic E-state index is 14.5. The topological polar surface area (TPSA) is 37.3 Å². The number of halogens is 2. The summed E-state index contributed by atoms with van der Waals surface area (Å²) in [5.41, 5.74) is 0.262. The largest absolute Gasteiger partial charge is 0.481 e. The average Bonchev–Trinajstić information content (AvgIpc) is 2.42. The van der Waals surface area contributed by atoms with Gasteiger partial charge in [-0.05, 0) is 46.3 Å². The molecule has 0 heterocycles. The van der Waals surface area contributed by atoms with Crippen molar-refractivity contribution in [2.24, 2.45) is 0 Å². The highest BCUT2D eigenvalue weighted by atomic mass is 79.9. The molecule has 0 aromatic heterocycles. The van der Waals surface area contributed by atoms with Gasteiger partial charge in [-0.3, -0.25) is 4.79 Å². The number of carbonyl (C=O) groups is 1. The van der Waals surface area contributed by atoms with Crippen LogP contribution in [0.15, 0.2) is 16.6 Å². The Morgan fingerprint density at radius 1 is 1.30 bits per heavy atom. The Labute approximate surface area is 127 Å². The molecule has 1 aliphatic carbocycles. The minimum atomic E-state index is -1.06. The second kappa shape index (κ2) is 5.84. The summed E-state index contributed by atoms with van der Waals surface area (Å²) in [4.78, 5) is 11.8. The van der Waals surface area contributed by atoms with Gasteiger partial charge in [-0.1, -0.05) is 39.2 Å². The molecule has 0 aliphatic heterocycles. The maximum atomic E-state index is 14.5. The van der Waals surface area contributed by atoms with Crippen molar-refractivity contribution in [3.05, 3.63) is 33.5 Å². The maximum Gasteiger partial charge on any atom is 0.314 e. The van der Waals surface area contributed by atoms with E-state index in [0.717, 1.165) is 24.8 Å². The van der Waals surface area contributed by atoms with Crippen LogP contribution in [0.2, 0.25) is 0 Å². The third-order valence-corrected chi connectivity index (χ3v) is 4.93. The van der Waals surface area contributed by atoms with Crippen molar-refractivity contribution >= 4 is 21.9 Å². The van der Waals surface area contributed by atoms with Crippen molar-refractivity contribution in [2.75, 3.05) is 0 Å². The zero-order valence-electron chi connectivity index (χ0n) is 11.9. The van der Waals surface area contributed by atoms with E-state index in [2.05, 4.69) is 15.9 Å². The molecule has 2 rings (SSSR count). The number of aliphatic carboxylic acids is 1. The molecule has 0 saturated heterocycles. The van der Waals surface area contributed by atoms with Crippen molar-refractivity contribution in [1.82, 2.24) is 0 Å². The first kappa shape index (κ1) is 15.5. The summed E-state index contributed by atoms with van der Waals surface area (Å²) in [5, 5.41) is 9.71. The zero-order chi connectivity index (χ0) is 14.9. The second-order valence-corrected chi connectivity index (χ2v) is 6.82. The molecule has 0 spiro atoms. The molecule has 0 bridgehead atoms. The highest BCUT2D eigenvalue weighted by molar-refractivity contribution is 9.10. The molecule has 0 radical (unpaired) electrons. The second-order valence-electron chi connectivity index (χ2n) is 5.97. The van der Waals surface area contributed by atoms with E-state index in [-0.39, 0.29) is 5.92 Å². The van der Waals surface area contributed by atoms with Crippen LogP contribution in [0.4, 0.5) is 4.39 Å². The molecule has 2 nitrogen and oxygen atoms in total. The number of rotatable bonds is 3. The van der Waals surface area contributed by atoms with Gasteiger partial charge in [0.2, 0.25) is 0 Å². The van der Waals surface area contributed by atoms with Crippen LogP contribution in [0.5, 0.6) is 0 Å². The molecule has 1 saturated carbocycles. The lowest BCUT2D eigenvalue weighted by Gasteiger charge is -2.34. The molecule has 4 heteroatoms. The van der Waals surface area contributed by atoms with Crippen LogP contribution in [0.25, 0.3) is 0 Å². The number of carboxylic acids is 1. The highest BCUT2D eigenvalue weighted by Gasteiger charge is 2.43.